The molecule has 0 saturated carbocycles. The van der Waals surface area contributed by atoms with Gasteiger partial charge < -0.3 is 15.4 Å². The lowest BCUT2D eigenvalue weighted by atomic mass is 9.96. The first-order chi connectivity index (χ1) is 15.9. The summed E-state index contributed by atoms with van der Waals surface area (Å²) >= 11 is 6.10. The molecule has 1 aliphatic rings. The fourth-order valence-electron chi connectivity index (χ4n) is 3.38. The zero-order valence-corrected chi connectivity index (χ0v) is 19.2. The van der Waals surface area contributed by atoms with E-state index >= 15 is 0 Å². The fraction of sp³-hybridized carbons (Fsp3) is 0.333. The van der Waals surface area contributed by atoms with E-state index in [4.69, 9.17) is 22.1 Å². The summed E-state index contributed by atoms with van der Waals surface area (Å²) in [4.78, 5) is 24.8. The lowest BCUT2D eigenvalue weighted by molar-refractivity contribution is -0.137. The monoisotopic (exact) mass is 519 g/mol. The van der Waals surface area contributed by atoms with Gasteiger partial charge >= 0.3 is 6.18 Å². The number of sulfonamides is 1. The van der Waals surface area contributed by atoms with E-state index < -0.39 is 27.7 Å². The standard InChI is InChI=1S/C21H21ClF3N3O5S/c22-17-11-16(34(31,32)27-15-3-1-2-14(10-15)21(23,24)25)4-5-18(17)33-12-19(29)28-8-6-13(7-9-28)20(26)30/h1-5,10-11,13,27H,6-9,12H2,(H2,26,30). The maximum absolute atomic E-state index is 12.9. The fourth-order valence-corrected chi connectivity index (χ4v) is 4.76. The van der Waals surface area contributed by atoms with Crippen LogP contribution in [-0.4, -0.2) is 44.8 Å². The van der Waals surface area contributed by atoms with Crippen LogP contribution in [0, 0.1) is 5.92 Å². The van der Waals surface area contributed by atoms with Crippen molar-refractivity contribution in [3.8, 4) is 5.75 Å². The number of anilines is 1. The highest BCUT2D eigenvalue weighted by molar-refractivity contribution is 7.92. The van der Waals surface area contributed by atoms with Gasteiger partial charge in [-0.1, -0.05) is 17.7 Å². The first-order valence-electron chi connectivity index (χ1n) is 10.1. The number of piperidine rings is 1. The summed E-state index contributed by atoms with van der Waals surface area (Å²) in [5, 5.41) is -0.104. The van der Waals surface area contributed by atoms with Crippen LogP contribution >= 0.6 is 11.6 Å². The van der Waals surface area contributed by atoms with Crippen molar-refractivity contribution in [2.45, 2.75) is 23.9 Å². The first-order valence-corrected chi connectivity index (χ1v) is 11.9. The van der Waals surface area contributed by atoms with Gasteiger partial charge in [0.2, 0.25) is 5.91 Å². The molecule has 2 amide bonds. The van der Waals surface area contributed by atoms with E-state index in [0.29, 0.717) is 32.0 Å². The molecule has 2 aromatic carbocycles. The van der Waals surface area contributed by atoms with Crippen LogP contribution in [0.5, 0.6) is 5.75 Å². The number of nitrogens with one attached hydrogen (secondary N) is 1. The van der Waals surface area contributed by atoms with Crippen LogP contribution in [0.25, 0.3) is 0 Å². The Labute approximate surface area is 198 Å². The van der Waals surface area contributed by atoms with E-state index in [1.807, 2.05) is 0 Å². The molecule has 13 heteroatoms. The topological polar surface area (TPSA) is 119 Å². The number of rotatable bonds is 7. The van der Waals surface area contributed by atoms with Crippen LogP contribution in [0.1, 0.15) is 18.4 Å². The SMILES string of the molecule is NC(=O)C1CCN(C(=O)COc2ccc(S(=O)(=O)Nc3cccc(C(F)(F)F)c3)cc2Cl)CC1. The van der Waals surface area contributed by atoms with E-state index in [1.54, 1.807) is 0 Å². The van der Waals surface area contributed by atoms with Crippen LogP contribution in [0.4, 0.5) is 18.9 Å². The number of carbonyl (C=O) groups excluding carboxylic acids is 2. The zero-order valence-electron chi connectivity index (χ0n) is 17.6. The molecule has 1 heterocycles. The van der Waals surface area contributed by atoms with E-state index in [2.05, 4.69) is 4.72 Å². The largest absolute Gasteiger partial charge is 0.482 e. The van der Waals surface area contributed by atoms with E-state index in [-0.39, 0.29) is 39.8 Å². The van der Waals surface area contributed by atoms with Crippen LogP contribution in [0.3, 0.4) is 0 Å². The molecule has 0 aromatic heterocycles. The lowest BCUT2D eigenvalue weighted by Gasteiger charge is -2.30. The van der Waals surface area contributed by atoms with Gasteiger partial charge in [-0.2, -0.15) is 13.2 Å². The zero-order chi connectivity index (χ0) is 25.1. The number of primary amides is 1. The minimum atomic E-state index is -4.63. The Bertz CT molecular complexity index is 1180. The molecule has 3 N–H and O–H groups in total. The molecule has 1 saturated heterocycles. The summed E-state index contributed by atoms with van der Waals surface area (Å²) in [6.45, 7) is 0.374. The molecule has 8 nitrogen and oxygen atoms in total. The normalized spacial score (nSPS) is 15.1. The summed E-state index contributed by atoms with van der Waals surface area (Å²) in [6, 6.07) is 7.23. The second kappa shape index (κ2) is 10.1. The van der Waals surface area contributed by atoms with Gasteiger partial charge in [-0.15, -0.1) is 0 Å². The maximum atomic E-state index is 12.9. The van der Waals surface area contributed by atoms with Crippen molar-refractivity contribution in [3.63, 3.8) is 0 Å². The molecule has 0 aliphatic carbocycles. The average Bonchev–Trinajstić information content (AvgIpc) is 2.77. The molecule has 34 heavy (non-hydrogen) atoms. The number of halogens is 4. The minimum absolute atomic E-state index is 0.0556. The summed E-state index contributed by atoms with van der Waals surface area (Å²) in [5.74, 6) is -0.937. The van der Waals surface area contributed by atoms with Gasteiger partial charge in [-0.05, 0) is 49.2 Å². The van der Waals surface area contributed by atoms with Crippen molar-refractivity contribution in [2.75, 3.05) is 24.4 Å². The summed E-state index contributed by atoms with van der Waals surface area (Å²) < 4.78 is 71.3. The number of hydrogen-bond donors (Lipinski definition) is 2. The van der Waals surface area contributed by atoms with Crippen molar-refractivity contribution in [1.82, 2.24) is 4.90 Å². The predicted octanol–water partition coefficient (Wildman–Crippen LogP) is 3.26. The number of alkyl halides is 3. The van der Waals surface area contributed by atoms with Gasteiger partial charge in [0.15, 0.2) is 6.61 Å². The number of nitrogens with zero attached hydrogens (tertiary/aromatic N) is 1. The first kappa shape index (κ1) is 25.6. The molecule has 0 unspecified atom stereocenters. The molecule has 3 rings (SSSR count). The Morgan fingerprint density at radius 3 is 2.41 bits per heavy atom. The summed E-state index contributed by atoms with van der Waals surface area (Å²) in [7, 11) is -4.25. The van der Waals surface area contributed by atoms with Gasteiger partial charge in [0.1, 0.15) is 5.75 Å². The number of amides is 2. The smallest absolute Gasteiger partial charge is 0.416 e. The summed E-state index contributed by atoms with van der Waals surface area (Å²) in [5.41, 5.74) is 4.01. The highest BCUT2D eigenvalue weighted by atomic mass is 35.5. The molecule has 1 fully saturated rings. The molecule has 0 atom stereocenters. The number of likely N-dealkylation sites (tertiary alicyclic amines) is 1. The Kier molecular flexibility index (Phi) is 7.61. The average molecular weight is 520 g/mol. The number of ether oxygens (including phenoxy) is 1. The van der Waals surface area contributed by atoms with Crippen molar-refractivity contribution in [2.24, 2.45) is 11.7 Å². The van der Waals surface area contributed by atoms with Crippen molar-refractivity contribution in [3.05, 3.63) is 53.1 Å². The number of benzene rings is 2. The van der Waals surface area contributed by atoms with Crippen LogP contribution in [0.15, 0.2) is 47.4 Å². The second-order valence-corrected chi connectivity index (χ2v) is 9.71. The highest BCUT2D eigenvalue weighted by Gasteiger charge is 2.31. The molecule has 0 radical (unpaired) electrons. The minimum Gasteiger partial charge on any atom is -0.482 e. The Morgan fingerprint density at radius 1 is 1.15 bits per heavy atom. The van der Waals surface area contributed by atoms with E-state index in [1.165, 1.54) is 17.0 Å². The quantitative estimate of drug-likeness (QED) is 0.582. The van der Waals surface area contributed by atoms with Gasteiger partial charge in [0, 0.05) is 24.7 Å². The van der Waals surface area contributed by atoms with Gasteiger partial charge in [0.05, 0.1) is 15.5 Å². The molecule has 2 aromatic rings. The number of hydrogen-bond acceptors (Lipinski definition) is 5. The molecular formula is C21H21ClF3N3O5S. The molecular weight excluding hydrogens is 499 g/mol. The molecule has 1 aliphatic heterocycles. The summed E-state index contributed by atoms with van der Waals surface area (Å²) in [6.07, 6.45) is -3.69. The van der Waals surface area contributed by atoms with Gasteiger partial charge in [0.25, 0.3) is 15.9 Å². The van der Waals surface area contributed by atoms with Crippen LogP contribution in [0.2, 0.25) is 5.02 Å². The van der Waals surface area contributed by atoms with Gasteiger partial charge in [-0.3, -0.25) is 14.3 Å². The Morgan fingerprint density at radius 2 is 1.82 bits per heavy atom. The van der Waals surface area contributed by atoms with Gasteiger partial charge in [-0.25, -0.2) is 8.42 Å². The Hall–Kier alpha value is -2.99. The highest BCUT2D eigenvalue weighted by Crippen LogP contribution is 2.32. The predicted molar refractivity (Wildman–Crippen MR) is 118 cm³/mol. The molecule has 184 valence electrons. The lowest BCUT2D eigenvalue weighted by Crippen LogP contribution is -2.43. The second-order valence-electron chi connectivity index (χ2n) is 7.62. The van der Waals surface area contributed by atoms with E-state index in [0.717, 1.165) is 24.3 Å². The third kappa shape index (κ3) is 6.32. The van der Waals surface area contributed by atoms with Crippen molar-refractivity contribution >= 4 is 39.1 Å². The Balaban J connectivity index is 1.63. The maximum Gasteiger partial charge on any atom is 0.416 e. The van der Waals surface area contributed by atoms with Crippen molar-refractivity contribution < 1.29 is 35.9 Å². The molecule has 0 spiro atoms. The van der Waals surface area contributed by atoms with Crippen LogP contribution in [-0.2, 0) is 25.8 Å². The van der Waals surface area contributed by atoms with Crippen LogP contribution < -0.4 is 15.2 Å². The third-order valence-electron chi connectivity index (χ3n) is 5.26. The van der Waals surface area contributed by atoms with E-state index in [9.17, 15) is 31.2 Å². The van der Waals surface area contributed by atoms with Crippen molar-refractivity contribution in [1.29, 1.82) is 0 Å². The molecule has 0 bridgehead atoms. The third-order valence-corrected chi connectivity index (χ3v) is 6.93. The number of carbonyl (C=O) groups is 2. The number of nitrogens with two attached hydrogens (primary N) is 1.